The summed E-state index contributed by atoms with van der Waals surface area (Å²) in [5.41, 5.74) is -1.21. The van der Waals surface area contributed by atoms with Gasteiger partial charge < -0.3 is 24.6 Å². The second-order valence-corrected chi connectivity index (χ2v) is 10.8. The molecule has 0 spiro atoms. The standard InChI is InChI=1S/C29H30ClF3N8O5/c1-5-46-28(44)39-11-9-38(10-12-39)27(43)17(3)40-15-21(16(2)36-40)35-26(42)24-23(30)25-34-20(18-7-6-8-19(13-18)45-4)14-22(29(31,32)33)41(25)37-24/h6-8,13-15,17H,5,9-12H2,1-4H3,(H,35,42). The highest BCUT2D eigenvalue weighted by Crippen LogP contribution is 2.35. The molecule has 1 aliphatic rings. The number of ether oxygens (including phenoxy) is 2. The Morgan fingerprint density at radius 2 is 1.78 bits per heavy atom. The van der Waals surface area contributed by atoms with Crippen molar-refractivity contribution in [2.24, 2.45) is 0 Å². The van der Waals surface area contributed by atoms with Crippen LogP contribution < -0.4 is 10.1 Å². The molecule has 5 rings (SSSR count). The Bertz CT molecular complexity index is 1800. The van der Waals surface area contributed by atoms with Crippen LogP contribution in [0, 0.1) is 6.92 Å². The first-order valence-corrected chi connectivity index (χ1v) is 14.6. The molecule has 0 radical (unpaired) electrons. The van der Waals surface area contributed by atoms with E-state index in [4.69, 9.17) is 21.1 Å². The number of alkyl halides is 3. The fraction of sp³-hybridized carbons (Fsp3) is 0.379. The van der Waals surface area contributed by atoms with E-state index in [0.29, 0.717) is 47.7 Å². The third kappa shape index (κ3) is 6.42. The number of aryl methyl sites for hydroxylation is 1. The lowest BCUT2D eigenvalue weighted by Crippen LogP contribution is -2.52. The third-order valence-corrected chi connectivity index (χ3v) is 7.79. The molecule has 1 N–H and O–H groups in total. The molecule has 1 aromatic carbocycles. The van der Waals surface area contributed by atoms with Crippen molar-refractivity contribution in [1.82, 2.24) is 34.2 Å². The number of rotatable bonds is 7. The quantitative estimate of drug-likeness (QED) is 0.301. The normalized spacial score (nSPS) is 14.3. The van der Waals surface area contributed by atoms with Gasteiger partial charge in [-0.25, -0.2) is 14.3 Å². The van der Waals surface area contributed by atoms with E-state index in [1.807, 2.05) is 0 Å². The fourth-order valence-electron chi connectivity index (χ4n) is 4.95. The number of piperazine rings is 1. The minimum atomic E-state index is -4.86. The number of hydrogen-bond acceptors (Lipinski definition) is 8. The van der Waals surface area contributed by atoms with E-state index in [1.165, 1.54) is 29.0 Å². The Morgan fingerprint density at radius 3 is 2.43 bits per heavy atom. The fourth-order valence-corrected chi connectivity index (χ4v) is 5.20. The summed E-state index contributed by atoms with van der Waals surface area (Å²) < 4.78 is 54.5. The number of hydrogen-bond donors (Lipinski definition) is 1. The van der Waals surface area contributed by atoms with Gasteiger partial charge in [-0.1, -0.05) is 23.7 Å². The molecule has 1 unspecified atom stereocenters. The molecule has 46 heavy (non-hydrogen) atoms. The van der Waals surface area contributed by atoms with Crippen LogP contribution in [0.3, 0.4) is 0 Å². The molecule has 244 valence electrons. The minimum Gasteiger partial charge on any atom is -0.497 e. The Morgan fingerprint density at radius 1 is 1.09 bits per heavy atom. The summed E-state index contributed by atoms with van der Waals surface area (Å²) in [4.78, 5) is 45.9. The zero-order chi connectivity index (χ0) is 33.3. The lowest BCUT2D eigenvalue weighted by Gasteiger charge is -2.35. The molecule has 17 heteroatoms. The van der Waals surface area contributed by atoms with Crippen LogP contribution in [0.15, 0.2) is 36.5 Å². The molecule has 13 nitrogen and oxygen atoms in total. The highest BCUT2D eigenvalue weighted by Gasteiger charge is 2.37. The van der Waals surface area contributed by atoms with Crippen LogP contribution in [0.4, 0.5) is 23.7 Å². The van der Waals surface area contributed by atoms with Crippen LogP contribution >= 0.6 is 11.6 Å². The van der Waals surface area contributed by atoms with Crippen molar-refractivity contribution in [2.75, 3.05) is 45.2 Å². The van der Waals surface area contributed by atoms with Crippen molar-refractivity contribution in [3.05, 3.63) is 58.6 Å². The van der Waals surface area contributed by atoms with Gasteiger partial charge in [0, 0.05) is 37.9 Å². The van der Waals surface area contributed by atoms with Crippen molar-refractivity contribution in [3.8, 4) is 17.0 Å². The highest BCUT2D eigenvalue weighted by molar-refractivity contribution is 6.37. The summed E-state index contributed by atoms with van der Waals surface area (Å²) >= 11 is 6.43. The van der Waals surface area contributed by atoms with Crippen LogP contribution in [0.25, 0.3) is 16.9 Å². The summed E-state index contributed by atoms with van der Waals surface area (Å²) in [5.74, 6) is -0.732. The Labute approximate surface area is 265 Å². The second kappa shape index (κ2) is 12.9. The first-order valence-electron chi connectivity index (χ1n) is 14.2. The average Bonchev–Trinajstić information content (AvgIpc) is 3.58. The van der Waals surface area contributed by atoms with Crippen LogP contribution in [-0.2, 0) is 15.7 Å². The van der Waals surface area contributed by atoms with Gasteiger partial charge in [-0.3, -0.25) is 14.3 Å². The molecule has 0 saturated carbocycles. The predicted molar refractivity (Wildman–Crippen MR) is 160 cm³/mol. The first-order chi connectivity index (χ1) is 21.8. The molecule has 4 heterocycles. The first kappa shape index (κ1) is 32.5. The number of amides is 3. The van der Waals surface area contributed by atoms with Gasteiger partial charge in [0.2, 0.25) is 5.91 Å². The topological polar surface area (TPSA) is 136 Å². The van der Waals surface area contributed by atoms with Crippen molar-refractivity contribution in [1.29, 1.82) is 0 Å². The average molecular weight is 663 g/mol. The van der Waals surface area contributed by atoms with Gasteiger partial charge in [-0.05, 0) is 39.0 Å². The van der Waals surface area contributed by atoms with E-state index in [1.54, 1.807) is 43.9 Å². The summed E-state index contributed by atoms with van der Waals surface area (Å²) in [5, 5.41) is 10.4. The summed E-state index contributed by atoms with van der Waals surface area (Å²) in [6.45, 7) is 6.47. The number of carbonyl (C=O) groups is 3. The Kier molecular flexibility index (Phi) is 9.10. The number of halogens is 4. The maximum Gasteiger partial charge on any atom is 0.433 e. The van der Waals surface area contributed by atoms with E-state index in [9.17, 15) is 27.6 Å². The van der Waals surface area contributed by atoms with Gasteiger partial charge in [0.25, 0.3) is 5.91 Å². The zero-order valence-electron chi connectivity index (χ0n) is 25.3. The number of nitrogens with one attached hydrogen (secondary N) is 1. The summed E-state index contributed by atoms with van der Waals surface area (Å²) in [6.07, 6.45) is -3.85. The number of fused-ring (bicyclic) bond motifs is 1. The van der Waals surface area contributed by atoms with E-state index in [-0.39, 0.29) is 34.6 Å². The van der Waals surface area contributed by atoms with Crippen molar-refractivity contribution >= 4 is 40.8 Å². The number of aromatic nitrogens is 5. The molecule has 3 aromatic heterocycles. The predicted octanol–water partition coefficient (Wildman–Crippen LogP) is 4.70. The van der Waals surface area contributed by atoms with Crippen LogP contribution in [-0.4, -0.2) is 92.0 Å². The van der Waals surface area contributed by atoms with Crippen molar-refractivity contribution in [3.63, 3.8) is 0 Å². The van der Waals surface area contributed by atoms with Crippen molar-refractivity contribution in [2.45, 2.75) is 33.0 Å². The maximum atomic E-state index is 14.1. The highest BCUT2D eigenvalue weighted by atomic mass is 35.5. The molecule has 1 atom stereocenters. The van der Waals surface area contributed by atoms with Crippen LogP contribution in [0.5, 0.6) is 5.75 Å². The summed E-state index contributed by atoms with van der Waals surface area (Å²) in [6, 6.07) is 6.38. The van der Waals surface area contributed by atoms with Gasteiger partial charge >= 0.3 is 12.3 Å². The third-order valence-electron chi connectivity index (χ3n) is 7.44. The molecule has 0 bridgehead atoms. The summed E-state index contributed by atoms with van der Waals surface area (Å²) in [7, 11) is 1.43. The smallest absolute Gasteiger partial charge is 0.433 e. The molecule has 1 aliphatic heterocycles. The number of methoxy groups -OCH3 is 1. The molecular formula is C29H30ClF3N8O5. The molecule has 0 aliphatic carbocycles. The van der Waals surface area contributed by atoms with E-state index in [0.717, 1.165) is 6.07 Å². The molecule has 1 saturated heterocycles. The SMILES string of the molecule is CCOC(=O)N1CCN(C(=O)C(C)n2cc(NC(=O)c3nn4c(C(F)(F)F)cc(-c5cccc(OC)c5)nc4c3Cl)c(C)n2)CC1. The van der Waals surface area contributed by atoms with E-state index < -0.39 is 35.6 Å². The van der Waals surface area contributed by atoms with Gasteiger partial charge in [-0.2, -0.15) is 23.4 Å². The van der Waals surface area contributed by atoms with Crippen LogP contribution in [0.2, 0.25) is 5.02 Å². The molecular weight excluding hydrogens is 633 g/mol. The largest absolute Gasteiger partial charge is 0.497 e. The molecule has 4 aromatic rings. The second-order valence-electron chi connectivity index (χ2n) is 10.4. The number of anilines is 1. The molecule has 3 amide bonds. The monoisotopic (exact) mass is 662 g/mol. The Hall–Kier alpha value is -4.86. The number of nitrogens with zero attached hydrogens (tertiary/aromatic N) is 7. The lowest BCUT2D eigenvalue weighted by atomic mass is 10.1. The lowest BCUT2D eigenvalue weighted by molar-refractivity contribution is -0.142. The number of carbonyl (C=O) groups excluding carboxylic acids is 3. The van der Waals surface area contributed by atoms with Gasteiger partial charge in [0.1, 0.15) is 16.8 Å². The van der Waals surface area contributed by atoms with E-state index in [2.05, 4.69) is 20.5 Å². The molecule has 1 fully saturated rings. The Balaban J connectivity index is 1.37. The zero-order valence-corrected chi connectivity index (χ0v) is 26.0. The van der Waals surface area contributed by atoms with E-state index >= 15 is 0 Å². The van der Waals surface area contributed by atoms with Crippen molar-refractivity contribution < 1.29 is 37.0 Å². The van der Waals surface area contributed by atoms with Crippen LogP contribution in [0.1, 0.15) is 41.8 Å². The number of benzene rings is 1. The van der Waals surface area contributed by atoms with Gasteiger partial charge in [-0.15, -0.1) is 0 Å². The van der Waals surface area contributed by atoms with Gasteiger partial charge in [0.05, 0.1) is 30.8 Å². The minimum absolute atomic E-state index is 0.0504. The van der Waals surface area contributed by atoms with Gasteiger partial charge in [0.15, 0.2) is 17.0 Å². The maximum absolute atomic E-state index is 14.1.